The van der Waals surface area contributed by atoms with Gasteiger partial charge in [0.15, 0.2) is 0 Å². The van der Waals surface area contributed by atoms with Crippen molar-refractivity contribution >= 4 is 75.9 Å². The maximum atomic E-state index is 11.4. The van der Waals surface area contributed by atoms with Crippen LogP contribution in [0.5, 0.6) is 0 Å². The third kappa shape index (κ3) is 17.7. The average molecular weight is 979 g/mol. The number of aliphatic carboxylic acids is 1. The van der Waals surface area contributed by atoms with Crippen LogP contribution in [0, 0.1) is 20.8 Å². The van der Waals surface area contributed by atoms with Crippen LogP contribution in [-0.4, -0.2) is 106 Å². The molecule has 0 spiro atoms. The molecule has 1 aliphatic rings. The van der Waals surface area contributed by atoms with Gasteiger partial charge >= 0.3 is 53.4 Å². The van der Waals surface area contributed by atoms with Crippen molar-refractivity contribution in [1.29, 1.82) is 0 Å². The van der Waals surface area contributed by atoms with Gasteiger partial charge in [0.25, 0.3) is 0 Å². The van der Waals surface area contributed by atoms with Crippen LogP contribution in [0.15, 0.2) is 30.8 Å². The topological polar surface area (TPSA) is 273 Å². The Labute approximate surface area is 407 Å². The monoisotopic (exact) mass is 976 g/mol. The molecule has 1 fully saturated rings. The van der Waals surface area contributed by atoms with Gasteiger partial charge in [-0.15, -0.1) is 0 Å². The van der Waals surface area contributed by atoms with E-state index in [1.165, 1.54) is 28.4 Å². The van der Waals surface area contributed by atoms with Crippen LogP contribution in [0.3, 0.4) is 0 Å². The predicted molar refractivity (Wildman–Crippen MR) is 230 cm³/mol. The molecule has 5 N–H and O–H groups in total. The van der Waals surface area contributed by atoms with Gasteiger partial charge in [-0.05, 0) is 79.2 Å². The minimum atomic E-state index is -1.58. The summed E-state index contributed by atoms with van der Waals surface area (Å²) in [4.78, 5) is 47.4. The number of nitrogens with zero attached hydrogens (tertiary/aromatic N) is 6. The van der Waals surface area contributed by atoms with Gasteiger partial charge < -0.3 is 35.0 Å². The van der Waals surface area contributed by atoms with E-state index in [4.69, 9.17) is 76.1 Å². The fraction of sp³-hybridized carbons (Fsp3) is 0.462. The zero-order valence-electron chi connectivity index (χ0n) is 35.7. The van der Waals surface area contributed by atoms with Gasteiger partial charge in [-0.3, -0.25) is 33.3 Å². The number of carboxylic acid groups (broad SMARTS) is 1. The Hall–Kier alpha value is -3.57. The van der Waals surface area contributed by atoms with E-state index in [1.807, 2.05) is 20.8 Å². The fourth-order valence-corrected chi connectivity index (χ4v) is 5.92. The summed E-state index contributed by atoms with van der Waals surface area (Å²) < 4.78 is 19.3. The number of esters is 2. The molecule has 0 aliphatic carbocycles. The minimum Gasteiger partial charge on any atom is -0.870 e. The van der Waals surface area contributed by atoms with Crippen molar-refractivity contribution in [3.8, 4) is 0 Å². The second-order valence-electron chi connectivity index (χ2n) is 13.3. The van der Waals surface area contributed by atoms with Gasteiger partial charge in [-0.2, -0.15) is 20.6 Å². The molecule has 5 rings (SSSR count). The van der Waals surface area contributed by atoms with E-state index in [2.05, 4.69) is 26.8 Å². The number of allylic oxidation sites excluding steroid dienone is 1. The molecule has 346 valence electrons. The first-order valence-electron chi connectivity index (χ1n) is 17.9. The van der Waals surface area contributed by atoms with E-state index < -0.39 is 24.1 Å². The van der Waals surface area contributed by atoms with Crippen LogP contribution in [0.1, 0.15) is 86.6 Å². The van der Waals surface area contributed by atoms with Crippen LogP contribution in [0.4, 0.5) is 0 Å². The van der Waals surface area contributed by atoms with Crippen LogP contribution in [-0.2, 0) is 64.3 Å². The summed E-state index contributed by atoms with van der Waals surface area (Å²) in [6.45, 7) is 18.2. The van der Waals surface area contributed by atoms with Crippen molar-refractivity contribution in [2.45, 2.75) is 93.7 Å². The summed E-state index contributed by atoms with van der Waals surface area (Å²) in [5, 5.41) is 49.5. The van der Waals surface area contributed by atoms with Gasteiger partial charge in [-0.1, -0.05) is 66.5 Å². The molecule has 0 bridgehead atoms. The van der Waals surface area contributed by atoms with E-state index in [-0.39, 0.29) is 95.9 Å². The smallest absolute Gasteiger partial charge is 0.870 e. The van der Waals surface area contributed by atoms with E-state index in [0.29, 0.717) is 52.0 Å². The number of rotatable bonds is 13. The molecule has 1 aliphatic heterocycles. The molecule has 3 aromatic heterocycles. The summed E-state index contributed by atoms with van der Waals surface area (Å²) in [5.74, 6) is -2.51. The molecule has 63 heavy (non-hydrogen) atoms. The van der Waals surface area contributed by atoms with Crippen LogP contribution >= 0.6 is 46.4 Å². The van der Waals surface area contributed by atoms with Gasteiger partial charge in [0.05, 0.1) is 64.1 Å². The Balaban J connectivity index is 0. The molecule has 4 heterocycles. The first-order valence-corrected chi connectivity index (χ1v) is 19.5. The molecule has 19 nitrogen and oxygen atoms in total. The van der Waals surface area contributed by atoms with Crippen LogP contribution in [0.2, 0.25) is 20.1 Å². The SMILES string of the molecule is C.C=C(C)c1nn(CC(=O)OCC)c(C)c1Cl.CCOC(=O)Cn1nc(C2(C)CO2)c(Cl)c1C.Cc1c(Cl)c(C(C)(O)CO)nn1CC(=O)O.O=C(OO)c1cccc(Cl)c1.[Na+].[OH-]. The second-order valence-corrected chi connectivity index (χ2v) is 14.9. The Morgan fingerprint density at radius 3 is 1.78 bits per heavy atom. The summed E-state index contributed by atoms with van der Waals surface area (Å²) in [6.07, 6.45) is 0. The summed E-state index contributed by atoms with van der Waals surface area (Å²) in [5.41, 5.74) is 2.37. The molecular weight excluding hydrogens is 925 g/mol. The third-order valence-corrected chi connectivity index (χ3v) is 9.89. The number of carbonyl (C=O) groups is 4. The van der Waals surface area contributed by atoms with Gasteiger partial charge in [0.2, 0.25) is 0 Å². The first kappa shape index (κ1) is 61.5. The molecular formula is C39H53Cl4N6NaO13. The number of halogens is 4. The molecule has 1 aromatic carbocycles. The largest absolute Gasteiger partial charge is 1.00 e. The maximum absolute atomic E-state index is 11.4. The molecule has 2 unspecified atom stereocenters. The molecule has 1 saturated heterocycles. The van der Waals surface area contributed by atoms with Crippen molar-refractivity contribution in [1.82, 2.24) is 29.3 Å². The van der Waals surface area contributed by atoms with E-state index in [0.717, 1.165) is 17.0 Å². The van der Waals surface area contributed by atoms with Crippen molar-refractivity contribution < 1.29 is 93.9 Å². The standard InChI is InChI=1S/C11H15ClN2O3.C11H15ClN2O2.C9H13ClN2O4.C7H5ClO3.CH4.Na.H2O/c1-4-16-8(15)5-14-7(2)9(12)10(13-14)11(3)6-17-11;1-5-16-9(15)6-14-8(4)10(12)11(13-14)7(2)3;1-5-7(10)8(9(2,16)4-13)11-12(5)3-6(14)15;8-6-3-1-2-5(4-6)7(9)11-10;;;/h4-6H2,1-3H3;2,5-6H2,1,3-4H3;13,16H,3-4H2,1-2H3,(H,14,15);1-4,10H;1H4;;1H2/q;;;;;+1;/p-1. The number of carboxylic acids is 1. The van der Waals surface area contributed by atoms with Gasteiger partial charge in [0, 0.05) is 5.02 Å². The molecule has 0 radical (unpaired) electrons. The van der Waals surface area contributed by atoms with Gasteiger partial charge in [0.1, 0.15) is 47.9 Å². The number of aliphatic hydroxyl groups is 2. The van der Waals surface area contributed by atoms with Crippen LogP contribution in [0.25, 0.3) is 5.57 Å². The van der Waals surface area contributed by atoms with Crippen molar-refractivity contribution in [2.24, 2.45) is 0 Å². The number of hydrogen-bond donors (Lipinski definition) is 4. The molecule has 4 aromatic rings. The van der Waals surface area contributed by atoms with Crippen molar-refractivity contribution in [2.75, 3.05) is 26.4 Å². The van der Waals surface area contributed by atoms with Crippen molar-refractivity contribution in [3.63, 3.8) is 0 Å². The summed E-state index contributed by atoms with van der Waals surface area (Å²) in [7, 11) is 0. The zero-order chi connectivity index (χ0) is 45.7. The van der Waals surface area contributed by atoms with Crippen molar-refractivity contribution in [3.05, 3.63) is 90.7 Å². The number of benzene rings is 1. The maximum Gasteiger partial charge on any atom is 1.00 e. The zero-order valence-corrected chi connectivity index (χ0v) is 40.7. The van der Waals surface area contributed by atoms with Gasteiger partial charge in [-0.25, -0.2) is 4.79 Å². The number of hydrogen-bond acceptors (Lipinski definition) is 15. The Morgan fingerprint density at radius 2 is 1.37 bits per heavy atom. The molecule has 0 amide bonds. The Bertz CT molecular complexity index is 2170. The molecule has 0 saturated carbocycles. The third-order valence-electron chi connectivity index (χ3n) is 8.30. The number of ether oxygens (including phenoxy) is 3. The Kier molecular flexibility index (Phi) is 27.0. The Morgan fingerprint density at radius 1 is 0.889 bits per heavy atom. The quantitative estimate of drug-likeness (QED) is 0.0372. The fourth-order valence-electron chi connectivity index (χ4n) is 4.76. The number of carbonyl (C=O) groups excluding carboxylic acids is 3. The summed E-state index contributed by atoms with van der Waals surface area (Å²) >= 11 is 23.7. The normalized spacial score (nSPS) is 14.1. The minimum absolute atomic E-state index is 0. The van der Waals surface area contributed by atoms with E-state index in [1.54, 1.807) is 44.5 Å². The molecule has 24 heteroatoms. The first-order chi connectivity index (χ1) is 28.0. The number of epoxide rings is 1. The molecule has 2 atom stereocenters. The van der Waals surface area contributed by atoms with E-state index in [9.17, 15) is 24.3 Å². The predicted octanol–water partition coefficient (Wildman–Crippen LogP) is 3.66. The number of aromatic nitrogens is 6. The van der Waals surface area contributed by atoms with E-state index >= 15 is 0 Å². The van der Waals surface area contributed by atoms with Crippen LogP contribution < -0.4 is 29.6 Å². The second kappa shape index (κ2) is 27.7. The number of aliphatic hydroxyl groups excluding tert-OH is 1. The average Bonchev–Trinajstić information content (AvgIpc) is 3.68. The summed E-state index contributed by atoms with van der Waals surface area (Å²) in [6, 6.07) is 6.11.